The molecule has 0 aromatic heterocycles. The summed E-state index contributed by atoms with van der Waals surface area (Å²) in [6.07, 6.45) is 0. The van der Waals surface area contributed by atoms with Crippen LogP contribution < -0.4 is 4.74 Å². The summed E-state index contributed by atoms with van der Waals surface area (Å²) in [4.78, 5) is 19.2. The first-order chi connectivity index (χ1) is 15.9. The molecule has 3 aromatic rings. The topological polar surface area (TPSA) is 65.7 Å². The maximum Gasteiger partial charge on any atom is 0.322 e. The number of rotatable bonds is 5. The van der Waals surface area contributed by atoms with E-state index < -0.39 is 17.5 Å². The molecule has 3 aromatic carbocycles. The van der Waals surface area contributed by atoms with Crippen LogP contribution in [0.5, 0.6) is 5.75 Å². The molecule has 0 fully saturated rings. The highest BCUT2D eigenvalue weighted by molar-refractivity contribution is 6.64. The highest BCUT2D eigenvalue weighted by Crippen LogP contribution is 2.45. The van der Waals surface area contributed by atoms with Crippen LogP contribution in [0.25, 0.3) is 0 Å². The molecule has 0 saturated heterocycles. The lowest BCUT2D eigenvalue weighted by Crippen LogP contribution is -2.34. The van der Waals surface area contributed by atoms with Gasteiger partial charge in [-0.25, -0.2) is 0 Å². The van der Waals surface area contributed by atoms with E-state index in [2.05, 4.69) is 6.07 Å². The van der Waals surface area contributed by atoms with Crippen LogP contribution in [0.2, 0.25) is 10.0 Å². The largest absolute Gasteiger partial charge is 0.493 e. The molecular weight excluding hydrogens is 481 g/mol. The molecule has 166 valence electrons. The van der Waals surface area contributed by atoms with Gasteiger partial charge in [-0.05, 0) is 72.1 Å². The predicted octanol–water partition coefficient (Wildman–Crippen LogP) is 7.17. The van der Waals surface area contributed by atoms with E-state index in [1.54, 1.807) is 42.5 Å². The first kappa shape index (κ1) is 23.1. The number of amidine groups is 1. The van der Waals surface area contributed by atoms with Crippen molar-refractivity contribution in [3.05, 3.63) is 99.0 Å². The van der Waals surface area contributed by atoms with Crippen molar-refractivity contribution in [1.29, 1.82) is 5.26 Å². The van der Waals surface area contributed by atoms with Gasteiger partial charge in [0.1, 0.15) is 17.6 Å². The molecule has 0 spiro atoms. The van der Waals surface area contributed by atoms with E-state index in [0.29, 0.717) is 39.4 Å². The summed E-state index contributed by atoms with van der Waals surface area (Å²) in [5.74, 6) is 0.813. The monoisotopic (exact) mass is 497 g/mol. The lowest BCUT2D eigenvalue weighted by atomic mass is 9.94. The Morgan fingerprint density at radius 3 is 2.18 bits per heavy atom. The van der Waals surface area contributed by atoms with Gasteiger partial charge in [-0.3, -0.25) is 14.7 Å². The molecule has 8 heteroatoms. The zero-order valence-electron chi connectivity index (χ0n) is 17.5. The molecule has 5 nitrogen and oxygen atoms in total. The molecule has 1 amide bonds. The van der Waals surface area contributed by atoms with Gasteiger partial charge in [-0.2, -0.15) is 5.26 Å². The third-order valence-corrected chi connectivity index (χ3v) is 6.02. The van der Waals surface area contributed by atoms with Gasteiger partial charge in [0.2, 0.25) is 0 Å². The molecule has 33 heavy (non-hydrogen) atoms. The summed E-state index contributed by atoms with van der Waals surface area (Å²) in [7, 11) is 0. The van der Waals surface area contributed by atoms with Gasteiger partial charge >= 0.3 is 5.37 Å². The first-order valence-electron chi connectivity index (χ1n) is 10.2. The molecule has 4 rings (SSSR count). The van der Waals surface area contributed by atoms with Gasteiger partial charge in [0.25, 0.3) is 0 Å². The normalized spacial score (nSPS) is 17.4. The van der Waals surface area contributed by atoms with Crippen molar-refractivity contribution in [2.24, 2.45) is 4.99 Å². The number of halogens is 3. The molecule has 0 N–H and O–H groups in total. The van der Waals surface area contributed by atoms with Crippen molar-refractivity contribution >= 4 is 46.0 Å². The molecule has 2 atom stereocenters. The van der Waals surface area contributed by atoms with Crippen LogP contribution in [-0.2, 0) is 0 Å². The quantitative estimate of drug-likeness (QED) is 0.277. The van der Waals surface area contributed by atoms with Crippen LogP contribution in [0.1, 0.15) is 41.3 Å². The van der Waals surface area contributed by atoms with E-state index in [9.17, 15) is 10.1 Å². The molecule has 0 bridgehead atoms. The standard InChI is InChI=1S/C25H18Cl3N3O2/c1-2-33-21-13-15(14-29)3-12-20(21)24-30-22(16-4-8-18(26)9-5-16)23(31(24)25(28)32)17-6-10-19(27)11-7-17/h3-13,22-23H,2H2,1H3/t22-,23+/m0/s1. The Morgan fingerprint density at radius 1 is 1.03 bits per heavy atom. The van der Waals surface area contributed by atoms with Gasteiger partial charge in [-0.1, -0.05) is 47.5 Å². The van der Waals surface area contributed by atoms with Crippen molar-refractivity contribution in [2.75, 3.05) is 6.61 Å². The van der Waals surface area contributed by atoms with Crippen LogP contribution in [0.4, 0.5) is 4.79 Å². The summed E-state index contributed by atoms with van der Waals surface area (Å²) < 4.78 is 5.79. The van der Waals surface area contributed by atoms with E-state index in [1.165, 1.54) is 4.90 Å². The number of nitrogens with zero attached hydrogens (tertiary/aromatic N) is 3. The van der Waals surface area contributed by atoms with E-state index in [0.717, 1.165) is 11.1 Å². The minimum Gasteiger partial charge on any atom is -0.493 e. The Bertz CT molecular complexity index is 1250. The van der Waals surface area contributed by atoms with Crippen molar-refractivity contribution in [3.8, 4) is 11.8 Å². The summed E-state index contributed by atoms with van der Waals surface area (Å²) >= 11 is 18.3. The summed E-state index contributed by atoms with van der Waals surface area (Å²) in [5.41, 5.74) is 2.69. The van der Waals surface area contributed by atoms with Crippen molar-refractivity contribution in [2.45, 2.75) is 19.0 Å². The number of amides is 1. The number of hydrogen-bond donors (Lipinski definition) is 0. The van der Waals surface area contributed by atoms with Crippen molar-refractivity contribution in [3.63, 3.8) is 0 Å². The molecular formula is C25H18Cl3N3O2. The van der Waals surface area contributed by atoms with Gasteiger partial charge in [0.05, 0.1) is 29.8 Å². The fourth-order valence-electron chi connectivity index (χ4n) is 3.89. The first-order valence-corrected chi connectivity index (χ1v) is 11.3. The van der Waals surface area contributed by atoms with Crippen LogP contribution >= 0.6 is 34.8 Å². The highest BCUT2D eigenvalue weighted by Gasteiger charge is 2.42. The number of hydrogen-bond acceptors (Lipinski definition) is 4. The predicted molar refractivity (Wildman–Crippen MR) is 130 cm³/mol. The molecule has 0 saturated carbocycles. The Labute approximate surface area is 206 Å². The fraction of sp³-hybridized carbons (Fsp3) is 0.160. The van der Waals surface area contributed by atoms with Gasteiger partial charge in [0.15, 0.2) is 0 Å². The zero-order valence-corrected chi connectivity index (χ0v) is 19.8. The third kappa shape index (κ3) is 4.69. The van der Waals surface area contributed by atoms with Gasteiger partial charge in [0, 0.05) is 10.0 Å². The lowest BCUT2D eigenvalue weighted by Gasteiger charge is -2.28. The molecule has 0 radical (unpaired) electrons. The maximum absolute atomic E-state index is 12.8. The SMILES string of the molecule is CCOc1cc(C#N)ccc1C1=N[C@@H](c2ccc(Cl)cc2)[C@@H](c2ccc(Cl)cc2)N1C(=O)Cl. The number of aliphatic imine (C=N–C) groups is 1. The number of benzene rings is 3. The maximum atomic E-state index is 12.8. The third-order valence-electron chi connectivity index (χ3n) is 5.33. The molecule has 1 aliphatic rings. The second-order valence-corrected chi connectivity index (χ2v) is 8.52. The highest BCUT2D eigenvalue weighted by atomic mass is 35.5. The summed E-state index contributed by atoms with van der Waals surface area (Å²) in [5, 5.41) is 9.80. The van der Waals surface area contributed by atoms with Crippen LogP contribution in [0, 0.1) is 11.3 Å². The number of carbonyl (C=O) groups is 1. The number of ether oxygens (including phenoxy) is 1. The average Bonchev–Trinajstić information content (AvgIpc) is 3.21. The van der Waals surface area contributed by atoms with Gasteiger partial charge < -0.3 is 4.74 Å². The smallest absolute Gasteiger partial charge is 0.322 e. The molecule has 0 aliphatic carbocycles. The Hall–Kier alpha value is -3.04. The van der Waals surface area contributed by atoms with E-state index >= 15 is 0 Å². The second-order valence-electron chi connectivity index (χ2n) is 7.32. The summed E-state index contributed by atoms with van der Waals surface area (Å²) in [6, 6.07) is 20.7. The Balaban J connectivity index is 1.91. The van der Waals surface area contributed by atoms with Crippen LogP contribution in [0.3, 0.4) is 0 Å². The molecule has 0 unspecified atom stereocenters. The molecule has 1 aliphatic heterocycles. The van der Waals surface area contributed by atoms with E-state index in [4.69, 9.17) is 44.5 Å². The van der Waals surface area contributed by atoms with E-state index in [1.807, 2.05) is 31.2 Å². The minimum atomic E-state index is -0.683. The fourth-order valence-corrected chi connectivity index (χ4v) is 4.33. The second kappa shape index (κ2) is 9.84. The van der Waals surface area contributed by atoms with Crippen LogP contribution in [0.15, 0.2) is 71.7 Å². The minimum absolute atomic E-state index is 0.364. The Morgan fingerprint density at radius 2 is 1.64 bits per heavy atom. The Kier molecular flexibility index (Phi) is 6.90. The summed E-state index contributed by atoms with van der Waals surface area (Å²) in [6.45, 7) is 2.22. The van der Waals surface area contributed by atoms with Gasteiger partial charge in [-0.15, -0.1) is 0 Å². The van der Waals surface area contributed by atoms with E-state index in [-0.39, 0.29) is 0 Å². The lowest BCUT2D eigenvalue weighted by molar-refractivity contribution is 0.231. The molecule has 1 heterocycles. The number of carbonyl (C=O) groups excluding carboxylic acids is 1. The van der Waals surface area contributed by atoms with Crippen LogP contribution in [-0.4, -0.2) is 22.7 Å². The van der Waals surface area contributed by atoms with Crippen molar-refractivity contribution in [1.82, 2.24) is 4.90 Å². The van der Waals surface area contributed by atoms with Crippen molar-refractivity contribution < 1.29 is 9.53 Å². The number of nitriles is 1. The average molecular weight is 499 g/mol. The zero-order chi connectivity index (χ0) is 23.5.